The van der Waals surface area contributed by atoms with Crippen LogP contribution >= 0.6 is 0 Å². The van der Waals surface area contributed by atoms with E-state index in [2.05, 4.69) is 10.3 Å². The van der Waals surface area contributed by atoms with Gasteiger partial charge in [0, 0.05) is 30.2 Å². The van der Waals surface area contributed by atoms with Gasteiger partial charge in [-0.3, -0.25) is 4.98 Å². The summed E-state index contributed by atoms with van der Waals surface area (Å²) in [5, 5.41) is 3.47. The quantitative estimate of drug-likeness (QED) is 0.749. The van der Waals surface area contributed by atoms with Crippen molar-refractivity contribution < 1.29 is 0 Å². The number of nitrogens with two attached hydrogens (primary N) is 1. The van der Waals surface area contributed by atoms with Crippen molar-refractivity contribution in [2.45, 2.75) is 37.8 Å². The van der Waals surface area contributed by atoms with Gasteiger partial charge < -0.3 is 11.1 Å². The maximum atomic E-state index is 6.05. The molecule has 0 radical (unpaired) electrons. The number of nitrogens with zero attached hydrogens (tertiary/aromatic N) is 1. The molecule has 0 bridgehead atoms. The first-order valence-corrected chi connectivity index (χ1v) is 5.28. The van der Waals surface area contributed by atoms with Crippen LogP contribution in [0.3, 0.4) is 0 Å². The summed E-state index contributed by atoms with van der Waals surface area (Å²) in [6.07, 6.45) is 8.49. The second-order valence-electron chi connectivity index (χ2n) is 3.94. The van der Waals surface area contributed by atoms with Gasteiger partial charge in [0.1, 0.15) is 0 Å². The first kappa shape index (κ1) is 9.46. The van der Waals surface area contributed by atoms with Crippen molar-refractivity contribution in [2.24, 2.45) is 5.73 Å². The Kier molecular flexibility index (Phi) is 2.99. The van der Waals surface area contributed by atoms with E-state index in [9.17, 15) is 0 Å². The fourth-order valence-electron chi connectivity index (χ4n) is 2.00. The number of anilines is 1. The van der Waals surface area contributed by atoms with Gasteiger partial charge in [-0.2, -0.15) is 0 Å². The SMILES string of the molecule is N[C@@H]1CCCC[C@H]1Nc1ccncc1. The highest BCUT2D eigenvalue weighted by molar-refractivity contribution is 5.42. The molecule has 76 valence electrons. The van der Waals surface area contributed by atoms with Crippen LogP contribution in [0.5, 0.6) is 0 Å². The van der Waals surface area contributed by atoms with Gasteiger partial charge in [-0.1, -0.05) is 12.8 Å². The molecule has 0 aliphatic heterocycles. The number of hydrogen-bond donors (Lipinski definition) is 2. The summed E-state index contributed by atoms with van der Waals surface area (Å²) < 4.78 is 0. The molecule has 1 aliphatic carbocycles. The van der Waals surface area contributed by atoms with Crippen LogP contribution in [0.2, 0.25) is 0 Å². The number of rotatable bonds is 2. The Morgan fingerprint density at radius 2 is 1.93 bits per heavy atom. The number of aromatic nitrogens is 1. The van der Waals surface area contributed by atoms with E-state index in [4.69, 9.17) is 5.73 Å². The molecule has 1 saturated carbocycles. The van der Waals surface area contributed by atoms with Crippen molar-refractivity contribution in [3.8, 4) is 0 Å². The summed E-state index contributed by atoms with van der Waals surface area (Å²) in [5.74, 6) is 0. The first-order valence-electron chi connectivity index (χ1n) is 5.28. The second-order valence-corrected chi connectivity index (χ2v) is 3.94. The van der Waals surface area contributed by atoms with E-state index in [0.29, 0.717) is 12.1 Å². The molecule has 1 fully saturated rings. The summed E-state index contributed by atoms with van der Waals surface area (Å²) in [6, 6.07) is 4.71. The van der Waals surface area contributed by atoms with E-state index >= 15 is 0 Å². The lowest BCUT2D eigenvalue weighted by Crippen LogP contribution is -2.42. The van der Waals surface area contributed by atoms with Gasteiger partial charge in [0.05, 0.1) is 0 Å². The number of pyridine rings is 1. The molecule has 1 aromatic heterocycles. The van der Waals surface area contributed by atoms with Crippen LogP contribution in [-0.4, -0.2) is 17.1 Å². The van der Waals surface area contributed by atoms with E-state index in [-0.39, 0.29) is 0 Å². The molecule has 3 nitrogen and oxygen atoms in total. The Bertz CT molecular complexity index is 273. The maximum absolute atomic E-state index is 6.05. The van der Waals surface area contributed by atoms with E-state index in [1.807, 2.05) is 12.1 Å². The van der Waals surface area contributed by atoms with Gasteiger partial charge in [-0.25, -0.2) is 0 Å². The summed E-state index contributed by atoms with van der Waals surface area (Å²) in [4.78, 5) is 3.99. The fraction of sp³-hybridized carbons (Fsp3) is 0.545. The van der Waals surface area contributed by atoms with Crippen molar-refractivity contribution in [2.75, 3.05) is 5.32 Å². The van der Waals surface area contributed by atoms with E-state index in [0.717, 1.165) is 12.1 Å². The van der Waals surface area contributed by atoms with Gasteiger partial charge >= 0.3 is 0 Å². The van der Waals surface area contributed by atoms with Crippen molar-refractivity contribution in [3.05, 3.63) is 24.5 Å². The molecule has 1 aliphatic rings. The minimum absolute atomic E-state index is 0.303. The molecular formula is C11H17N3. The van der Waals surface area contributed by atoms with Crippen LogP contribution in [0.4, 0.5) is 5.69 Å². The Hall–Kier alpha value is -1.09. The van der Waals surface area contributed by atoms with Crippen molar-refractivity contribution in [1.29, 1.82) is 0 Å². The molecule has 0 aromatic carbocycles. The van der Waals surface area contributed by atoms with Crippen LogP contribution < -0.4 is 11.1 Å². The minimum atomic E-state index is 0.303. The molecule has 0 amide bonds. The Labute approximate surface area is 84.7 Å². The van der Waals surface area contributed by atoms with Crippen molar-refractivity contribution in [1.82, 2.24) is 4.98 Å². The summed E-state index contributed by atoms with van der Waals surface area (Å²) in [6.45, 7) is 0. The van der Waals surface area contributed by atoms with Gasteiger partial charge in [0.15, 0.2) is 0 Å². The molecule has 0 saturated heterocycles. The Balaban J connectivity index is 1.96. The van der Waals surface area contributed by atoms with Crippen LogP contribution in [0.15, 0.2) is 24.5 Å². The average molecular weight is 191 g/mol. The molecule has 0 spiro atoms. The number of hydrogen-bond acceptors (Lipinski definition) is 3. The van der Waals surface area contributed by atoms with Crippen molar-refractivity contribution in [3.63, 3.8) is 0 Å². The minimum Gasteiger partial charge on any atom is -0.381 e. The second kappa shape index (κ2) is 4.42. The van der Waals surface area contributed by atoms with E-state index < -0.39 is 0 Å². The molecule has 0 unspecified atom stereocenters. The largest absolute Gasteiger partial charge is 0.381 e. The van der Waals surface area contributed by atoms with Crippen LogP contribution in [0, 0.1) is 0 Å². The third kappa shape index (κ3) is 2.23. The lowest BCUT2D eigenvalue weighted by molar-refractivity contribution is 0.404. The highest BCUT2D eigenvalue weighted by atomic mass is 15.0. The zero-order valence-electron chi connectivity index (χ0n) is 8.32. The topological polar surface area (TPSA) is 50.9 Å². The predicted molar refractivity (Wildman–Crippen MR) is 58.1 cm³/mol. The molecule has 1 aromatic rings. The van der Waals surface area contributed by atoms with Crippen LogP contribution in [0.1, 0.15) is 25.7 Å². The Morgan fingerprint density at radius 1 is 1.21 bits per heavy atom. The molecule has 2 atom stereocenters. The molecule has 3 N–H and O–H groups in total. The third-order valence-corrected chi connectivity index (χ3v) is 2.85. The van der Waals surface area contributed by atoms with E-state index in [1.165, 1.54) is 19.3 Å². The third-order valence-electron chi connectivity index (χ3n) is 2.85. The standard InChI is InChI=1S/C11H17N3/c12-10-3-1-2-4-11(10)14-9-5-7-13-8-6-9/h5-8,10-11H,1-4,12H2,(H,13,14)/t10-,11-/m1/s1. The molecule has 2 rings (SSSR count). The Morgan fingerprint density at radius 3 is 2.64 bits per heavy atom. The summed E-state index contributed by atoms with van der Waals surface area (Å²) in [5.41, 5.74) is 7.18. The van der Waals surface area contributed by atoms with Gasteiger partial charge in [0.25, 0.3) is 0 Å². The average Bonchev–Trinajstić information content (AvgIpc) is 2.23. The monoisotopic (exact) mass is 191 g/mol. The highest BCUT2D eigenvalue weighted by Gasteiger charge is 2.20. The number of nitrogens with one attached hydrogen (secondary N) is 1. The van der Waals surface area contributed by atoms with Crippen LogP contribution in [-0.2, 0) is 0 Å². The molecule has 1 heterocycles. The van der Waals surface area contributed by atoms with Crippen molar-refractivity contribution >= 4 is 5.69 Å². The normalized spacial score (nSPS) is 27.2. The van der Waals surface area contributed by atoms with E-state index in [1.54, 1.807) is 12.4 Å². The van der Waals surface area contributed by atoms with Gasteiger partial charge in [-0.05, 0) is 25.0 Å². The molecule has 14 heavy (non-hydrogen) atoms. The first-order chi connectivity index (χ1) is 6.86. The lowest BCUT2D eigenvalue weighted by Gasteiger charge is -2.30. The summed E-state index contributed by atoms with van der Waals surface area (Å²) in [7, 11) is 0. The highest BCUT2D eigenvalue weighted by Crippen LogP contribution is 2.20. The molecule has 3 heteroatoms. The molecular weight excluding hydrogens is 174 g/mol. The predicted octanol–water partition coefficient (Wildman–Crippen LogP) is 1.76. The zero-order valence-corrected chi connectivity index (χ0v) is 8.32. The zero-order chi connectivity index (χ0) is 9.80. The lowest BCUT2D eigenvalue weighted by atomic mass is 9.91. The van der Waals surface area contributed by atoms with Gasteiger partial charge in [0.2, 0.25) is 0 Å². The van der Waals surface area contributed by atoms with Gasteiger partial charge in [-0.15, -0.1) is 0 Å². The summed E-state index contributed by atoms with van der Waals surface area (Å²) >= 11 is 0. The maximum Gasteiger partial charge on any atom is 0.0412 e. The van der Waals surface area contributed by atoms with Crippen LogP contribution in [0.25, 0.3) is 0 Å². The smallest absolute Gasteiger partial charge is 0.0412 e. The fourth-order valence-corrected chi connectivity index (χ4v) is 2.00.